The van der Waals surface area contributed by atoms with Gasteiger partial charge in [-0.25, -0.2) is 9.36 Å². The summed E-state index contributed by atoms with van der Waals surface area (Å²) in [6, 6.07) is 0. The molecule has 1 rings (SSSR count). The molecular weight excluding hydrogens is 288 g/mol. The Labute approximate surface area is 130 Å². The summed E-state index contributed by atoms with van der Waals surface area (Å²) in [6.07, 6.45) is 11.0. The van der Waals surface area contributed by atoms with Gasteiger partial charge in [-0.2, -0.15) is 0 Å². The molecule has 1 aromatic rings. The molecule has 0 radical (unpaired) electrons. The van der Waals surface area contributed by atoms with E-state index in [1.54, 1.807) is 12.4 Å². The topological polar surface area (TPSA) is 44.0 Å². The minimum Gasteiger partial charge on any atom is -0.268 e. The predicted molar refractivity (Wildman–Crippen MR) is 89.8 cm³/mol. The van der Waals surface area contributed by atoms with E-state index >= 15 is 0 Å². The minimum absolute atomic E-state index is 0.208. The van der Waals surface area contributed by atoms with Gasteiger partial charge >= 0.3 is 5.69 Å². The van der Waals surface area contributed by atoms with Crippen LogP contribution in [-0.4, -0.2) is 9.13 Å². The molecule has 1 heterocycles. The molecule has 1 aromatic heterocycles. The standard InChI is InChI=1S/C16H23ClN2O2/c1-4-7-9-11-18-14(17)13(6-3)15(20)19(16(18)21)12-10-8-5-2/h9-12H,4-8H2,1-3H3/b11-9+,12-10+. The van der Waals surface area contributed by atoms with Crippen molar-refractivity contribution >= 4 is 24.0 Å². The van der Waals surface area contributed by atoms with E-state index in [1.807, 2.05) is 26.0 Å². The molecule has 116 valence electrons. The lowest BCUT2D eigenvalue weighted by atomic mass is 10.2. The highest BCUT2D eigenvalue weighted by molar-refractivity contribution is 6.30. The first-order chi connectivity index (χ1) is 10.1. The van der Waals surface area contributed by atoms with Crippen molar-refractivity contribution in [3.05, 3.63) is 43.7 Å². The number of allylic oxidation sites excluding steroid dienone is 2. The van der Waals surface area contributed by atoms with Crippen LogP contribution in [0.15, 0.2) is 21.7 Å². The van der Waals surface area contributed by atoms with E-state index in [2.05, 4.69) is 6.92 Å². The fraction of sp³-hybridized carbons (Fsp3) is 0.500. The first-order valence-electron chi connectivity index (χ1n) is 7.47. The van der Waals surface area contributed by atoms with Crippen molar-refractivity contribution in [2.75, 3.05) is 0 Å². The van der Waals surface area contributed by atoms with Gasteiger partial charge in [0.25, 0.3) is 5.56 Å². The van der Waals surface area contributed by atoms with Crippen LogP contribution < -0.4 is 11.2 Å². The van der Waals surface area contributed by atoms with E-state index in [1.165, 1.54) is 4.57 Å². The first kappa shape index (κ1) is 17.5. The average molecular weight is 311 g/mol. The summed E-state index contributed by atoms with van der Waals surface area (Å²) in [5.41, 5.74) is -0.305. The van der Waals surface area contributed by atoms with Crippen LogP contribution in [0.3, 0.4) is 0 Å². The quantitative estimate of drug-likeness (QED) is 0.720. The van der Waals surface area contributed by atoms with Gasteiger partial charge in [0.1, 0.15) is 5.15 Å². The molecule has 5 heteroatoms. The lowest BCUT2D eigenvalue weighted by Crippen LogP contribution is -2.38. The average Bonchev–Trinajstić information content (AvgIpc) is 2.47. The summed E-state index contributed by atoms with van der Waals surface area (Å²) < 4.78 is 2.48. The molecule has 0 saturated carbocycles. The monoisotopic (exact) mass is 310 g/mol. The molecule has 0 aliphatic carbocycles. The van der Waals surface area contributed by atoms with Crippen LogP contribution in [0.2, 0.25) is 5.15 Å². The Kier molecular flexibility index (Phi) is 7.23. The van der Waals surface area contributed by atoms with E-state index in [-0.39, 0.29) is 10.7 Å². The lowest BCUT2D eigenvalue weighted by Gasteiger charge is -2.10. The van der Waals surface area contributed by atoms with Crippen molar-refractivity contribution in [3.8, 4) is 0 Å². The maximum Gasteiger partial charge on any atom is 0.340 e. The molecule has 0 N–H and O–H groups in total. The largest absolute Gasteiger partial charge is 0.340 e. The van der Waals surface area contributed by atoms with Gasteiger partial charge in [-0.1, -0.05) is 57.4 Å². The van der Waals surface area contributed by atoms with Crippen LogP contribution in [0.1, 0.15) is 52.0 Å². The number of unbranched alkanes of at least 4 members (excludes halogenated alkanes) is 2. The van der Waals surface area contributed by atoms with Crippen molar-refractivity contribution in [3.63, 3.8) is 0 Å². The Morgan fingerprint density at radius 3 is 1.95 bits per heavy atom. The molecule has 0 amide bonds. The highest BCUT2D eigenvalue weighted by Gasteiger charge is 2.13. The number of halogens is 1. The van der Waals surface area contributed by atoms with Gasteiger partial charge in [-0.05, 0) is 19.3 Å². The van der Waals surface area contributed by atoms with Crippen LogP contribution in [0.25, 0.3) is 12.4 Å². The number of hydrogen-bond acceptors (Lipinski definition) is 2. The van der Waals surface area contributed by atoms with Gasteiger partial charge in [0, 0.05) is 12.4 Å². The zero-order valence-electron chi connectivity index (χ0n) is 12.9. The Hall–Kier alpha value is -1.55. The van der Waals surface area contributed by atoms with Gasteiger partial charge in [0.2, 0.25) is 0 Å². The van der Waals surface area contributed by atoms with E-state index in [4.69, 9.17) is 11.6 Å². The van der Waals surface area contributed by atoms with Crippen molar-refractivity contribution in [2.45, 2.75) is 52.9 Å². The molecule has 0 saturated heterocycles. The normalized spacial score (nSPS) is 11.8. The molecule has 0 unspecified atom stereocenters. The molecule has 0 aliphatic rings. The van der Waals surface area contributed by atoms with Gasteiger partial charge < -0.3 is 0 Å². The summed E-state index contributed by atoms with van der Waals surface area (Å²) in [4.78, 5) is 24.7. The Morgan fingerprint density at radius 1 is 0.952 bits per heavy atom. The van der Waals surface area contributed by atoms with Gasteiger partial charge in [-0.3, -0.25) is 9.36 Å². The molecule has 0 spiro atoms. The Bertz CT molecular complexity index is 639. The summed E-state index contributed by atoms with van der Waals surface area (Å²) in [6.45, 7) is 5.95. The number of hydrogen-bond donors (Lipinski definition) is 0. The number of aromatic nitrogens is 2. The first-order valence-corrected chi connectivity index (χ1v) is 7.84. The minimum atomic E-state index is -0.429. The van der Waals surface area contributed by atoms with E-state index in [0.717, 1.165) is 30.3 Å². The van der Waals surface area contributed by atoms with E-state index < -0.39 is 5.69 Å². The van der Waals surface area contributed by atoms with E-state index in [9.17, 15) is 9.59 Å². The highest BCUT2D eigenvalue weighted by Crippen LogP contribution is 2.11. The third kappa shape index (κ3) is 4.21. The van der Waals surface area contributed by atoms with Crippen molar-refractivity contribution < 1.29 is 0 Å². The van der Waals surface area contributed by atoms with Gasteiger partial charge in [-0.15, -0.1) is 0 Å². The Balaban J connectivity index is 3.47. The zero-order valence-corrected chi connectivity index (χ0v) is 13.7. The van der Waals surface area contributed by atoms with Crippen molar-refractivity contribution in [1.29, 1.82) is 0 Å². The second-order valence-corrected chi connectivity index (χ2v) is 5.16. The molecule has 0 atom stereocenters. The van der Waals surface area contributed by atoms with Crippen LogP contribution in [-0.2, 0) is 6.42 Å². The zero-order chi connectivity index (χ0) is 15.8. The smallest absolute Gasteiger partial charge is 0.268 e. The van der Waals surface area contributed by atoms with Crippen LogP contribution >= 0.6 is 11.6 Å². The molecule has 21 heavy (non-hydrogen) atoms. The van der Waals surface area contributed by atoms with Crippen LogP contribution in [0.5, 0.6) is 0 Å². The summed E-state index contributed by atoms with van der Waals surface area (Å²) in [5, 5.41) is 0.208. The molecule has 0 bridgehead atoms. The molecule has 0 aliphatic heterocycles. The fourth-order valence-corrected chi connectivity index (χ4v) is 2.26. The number of rotatable bonds is 7. The van der Waals surface area contributed by atoms with Crippen molar-refractivity contribution in [2.24, 2.45) is 0 Å². The van der Waals surface area contributed by atoms with Crippen LogP contribution in [0, 0.1) is 0 Å². The van der Waals surface area contributed by atoms with Gasteiger partial charge in [0.15, 0.2) is 0 Å². The fourth-order valence-electron chi connectivity index (χ4n) is 1.92. The highest BCUT2D eigenvalue weighted by atomic mass is 35.5. The molecule has 0 aromatic carbocycles. The molecular formula is C16H23ClN2O2. The second kappa shape index (κ2) is 8.67. The Morgan fingerprint density at radius 2 is 1.48 bits per heavy atom. The second-order valence-electron chi connectivity index (χ2n) is 4.80. The third-order valence-corrected chi connectivity index (χ3v) is 3.53. The van der Waals surface area contributed by atoms with Crippen molar-refractivity contribution in [1.82, 2.24) is 9.13 Å². The lowest BCUT2D eigenvalue weighted by molar-refractivity contribution is 0.818. The predicted octanol–water partition coefficient (Wildman–Crippen LogP) is 3.77. The summed E-state index contributed by atoms with van der Waals surface area (Å²) in [5.74, 6) is 0. The van der Waals surface area contributed by atoms with Crippen LogP contribution in [0.4, 0.5) is 0 Å². The summed E-state index contributed by atoms with van der Waals surface area (Å²) >= 11 is 6.21. The SMILES string of the molecule is CCC/C=C/n1c(Cl)c(CC)c(=O)n(/C=C/CCC)c1=O. The third-order valence-electron chi connectivity index (χ3n) is 3.12. The van der Waals surface area contributed by atoms with Gasteiger partial charge in [0.05, 0.1) is 5.56 Å². The maximum absolute atomic E-state index is 12.4. The molecule has 0 fully saturated rings. The maximum atomic E-state index is 12.4. The summed E-state index contributed by atoms with van der Waals surface area (Å²) in [7, 11) is 0. The number of nitrogens with zero attached hydrogens (tertiary/aromatic N) is 2. The van der Waals surface area contributed by atoms with E-state index in [0.29, 0.717) is 12.0 Å². The molecule has 4 nitrogen and oxygen atoms in total.